The van der Waals surface area contributed by atoms with Crippen LogP contribution >= 0.6 is 0 Å². The summed E-state index contributed by atoms with van der Waals surface area (Å²) in [6.07, 6.45) is 6.20. The van der Waals surface area contributed by atoms with E-state index in [9.17, 15) is 4.79 Å². The summed E-state index contributed by atoms with van der Waals surface area (Å²) < 4.78 is 13.7. The van der Waals surface area contributed by atoms with E-state index >= 15 is 0 Å². The third-order valence-electron chi connectivity index (χ3n) is 4.51. The van der Waals surface area contributed by atoms with Crippen LogP contribution in [-0.4, -0.2) is 17.3 Å². The van der Waals surface area contributed by atoms with Crippen molar-refractivity contribution in [3.05, 3.63) is 40.2 Å². The average molecular weight is 387 g/mol. The molecule has 0 aliphatic carbocycles. The van der Waals surface area contributed by atoms with E-state index < -0.39 is 0 Å². The summed E-state index contributed by atoms with van der Waals surface area (Å²) >= 11 is 0. The number of nitrogen functional groups attached to an aromatic ring is 1. The minimum Gasteiger partial charge on any atom is -0.485 e. The van der Waals surface area contributed by atoms with Crippen LogP contribution in [0.15, 0.2) is 34.6 Å². The zero-order valence-electron chi connectivity index (χ0n) is 17.9. The average Bonchev–Trinajstić information content (AvgIpc) is 2.62. The highest BCUT2D eigenvalue weighted by atomic mass is 16.5. The van der Waals surface area contributed by atoms with E-state index in [0.29, 0.717) is 24.6 Å². The Hall–Kier alpha value is -2.43. The van der Waals surface area contributed by atoms with Crippen LogP contribution in [0.3, 0.4) is 0 Å². The van der Waals surface area contributed by atoms with Crippen LogP contribution < -0.4 is 20.8 Å². The first-order chi connectivity index (χ1) is 13.3. The maximum absolute atomic E-state index is 13.3. The highest BCUT2D eigenvalue weighted by molar-refractivity contribution is 5.90. The van der Waals surface area contributed by atoms with E-state index in [1.165, 1.54) is 0 Å². The predicted octanol–water partition coefficient (Wildman–Crippen LogP) is 5.30. The van der Waals surface area contributed by atoms with Gasteiger partial charge in [-0.2, -0.15) is 0 Å². The van der Waals surface area contributed by atoms with Gasteiger partial charge in [-0.05, 0) is 58.4 Å². The second kappa shape index (κ2) is 10.2. The Bertz CT molecular complexity index is 878. The van der Waals surface area contributed by atoms with Gasteiger partial charge in [-0.15, -0.1) is 0 Å². The highest BCUT2D eigenvalue weighted by Crippen LogP contribution is 2.34. The van der Waals surface area contributed by atoms with Crippen molar-refractivity contribution in [3.63, 3.8) is 0 Å². The van der Waals surface area contributed by atoms with Gasteiger partial charge in [-0.25, -0.2) is 0 Å². The standard InChI is InChI=1S/C23H34N2O3/c1-6-7-8-9-13-25-20-15-18(24)10-11-19(20)21(27-14-12-16(2)3)22(23(25)26)28-17(4)5/h10-12,15,17H,6-9,13-14,24H2,1-5H3. The molecule has 0 saturated heterocycles. The molecule has 5 heteroatoms. The molecular weight excluding hydrogens is 352 g/mol. The second-order valence-electron chi connectivity index (χ2n) is 7.71. The summed E-state index contributed by atoms with van der Waals surface area (Å²) in [5.74, 6) is 0.779. The van der Waals surface area contributed by atoms with Crippen molar-refractivity contribution in [2.24, 2.45) is 0 Å². The van der Waals surface area contributed by atoms with E-state index in [1.807, 2.05) is 52.0 Å². The number of nitrogens with two attached hydrogens (primary N) is 1. The molecule has 5 nitrogen and oxygen atoms in total. The van der Waals surface area contributed by atoms with Crippen LogP contribution in [0.1, 0.15) is 60.3 Å². The molecule has 0 aliphatic heterocycles. The van der Waals surface area contributed by atoms with Crippen molar-refractivity contribution in [2.45, 2.75) is 73.0 Å². The van der Waals surface area contributed by atoms with Gasteiger partial charge in [0.05, 0.1) is 11.6 Å². The number of fused-ring (bicyclic) bond motifs is 1. The number of benzene rings is 1. The monoisotopic (exact) mass is 386 g/mol. The van der Waals surface area contributed by atoms with Gasteiger partial charge in [0.15, 0.2) is 5.75 Å². The summed E-state index contributed by atoms with van der Waals surface area (Å²) in [5.41, 5.74) is 8.45. The number of anilines is 1. The number of ether oxygens (including phenoxy) is 2. The third-order valence-corrected chi connectivity index (χ3v) is 4.51. The van der Waals surface area contributed by atoms with E-state index in [1.54, 1.807) is 4.57 Å². The zero-order chi connectivity index (χ0) is 20.7. The molecule has 154 valence electrons. The van der Waals surface area contributed by atoms with Gasteiger partial charge in [0.25, 0.3) is 5.56 Å². The number of rotatable bonds is 10. The van der Waals surface area contributed by atoms with E-state index in [0.717, 1.165) is 42.2 Å². The third kappa shape index (κ3) is 5.54. The summed E-state index contributed by atoms with van der Waals surface area (Å²) in [5, 5.41) is 0.849. The minimum absolute atomic E-state index is 0.127. The first-order valence-corrected chi connectivity index (χ1v) is 10.2. The fourth-order valence-corrected chi connectivity index (χ4v) is 3.11. The normalized spacial score (nSPS) is 11.1. The van der Waals surface area contributed by atoms with Crippen molar-refractivity contribution in [1.82, 2.24) is 4.57 Å². The number of allylic oxidation sites excluding steroid dienone is 1. The molecule has 0 radical (unpaired) electrons. The first-order valence-electron chi connectivity index (χ1n) is 10.2. The smallest absolute Gasteiger partial charge is 0.297 e. The molecule has 0 unspecified atom stereocenters. The molecule has 0 amide bonds. The molecule has 1 aromatic heterocycles. The molecule has 0 bridgehead atoms. The van der Waals surface area contributed by atoms with E-state index in [2.05, 4.69) is 6.92 Å². The molecule has 0 spiro atoms. The predicted molar refractivity (Wildman–Crippen MR) is 117 cm³/mol. The van der Waals surface area contributed by atoms with Crippen LogP contribution in [0.4, 0.5) is 5.69 Å². The minimum atomic E-state index is -0.157. The molecule has 2 aromatic rings. The number of hydrogen-bond donors (Lipinski definition) is 1. The van der Waals surface area contributed by atoms with Gasteiger partial charge >= 0.3 is 0 Å². The van der Waals surface area contributed by atoms with Gasteiger partial charge in [-0.1, -0.05) is 31.8 Å². The number of unbranched alkanes of at least 4 members (excludes halogenated alkanes) is 3. The molecule has 0 saturated carbocycles. The Labute approximate surface area is 168 Å². The Morgan fingerprint density at radius 1 is 1.18 bits per heavy atom. The van der Waals surface area contributed by atoms with Crippen LogP contribution in [0, 0.1) is 0 Å². The number of nitrogens with zero attached hydrogens (tertiary/aromatic N) is 1. The van der Waals surface area contributed by atoms with Crippen LogP contribution in [0.2, 0.25) is 0 Å². The lowest BCUT2D eigenvalue weighted by Crippen LogP contribution is -2.25. The fraction of sp³-hybridized carbons (Fsp3) is 0.522. The Morgan fingerprint density at radius 3 is 2.57 bits per heavy atom. The molecule has 0 aliphatic rings. The van der Waals surface area contributed by atoms with Crippen LogP contribution in [0.25, 0.3) is 10.9 Å². The maximum atomic E-state index is 13.3. The number of pyridine rings is 1. The van der Waals surface area contributed by atoms with Crippen LogP contribution in [0.5, 0.6) is 11.5 Å². The second-order valence-corrected chi connectivity index (χ2v) is 7.71. The number of aryl methyl sites for hydroxylation is 1. The van der Waals surface area contributed by atoms with Crippen LogP contribution in [-0.2, 0) is 6.54 Å². The van der Waals surface area contributed by atoms with Gasteiger partial charge in [0.1, 0.15) is 6.61 Å². The molecule has 28 heavy (non-hydrogen) atoms. The van der Waals surface area contributed by atoms with E-state index in [-0.39, 0.29) is 17.4 Å². The molecule has 0 fully saturated rings. The zero-order valence-corrected chi connectivity index (χ0v) is 17.9. The SMILES string of the molecule is CCCCCCn1c(=O)c(OC(C)C)c(OCC=C(C)C)c2ccc(N)cc21. The van der Waals surface area contributed by atoms with E-state index in [4.69, 9.17) is 15.2 Å². The Morgan fingerprint density at radius 2 is 1.93 bits per heavy atom. The summed E-state index contributed by atoms with van der Waals surface area (Å²) in [7, 11) is 0. The lowest BCUT2D eigenvalue weighted by Gasteiger charge is -2.20. The number of hydrogen-bond acceptors (Lipinski definition) is 4. The molecule has 2 rings (SSSR count). The number of aromatic nitrogens is 1. The lowest BCUT2D eigenvalue weighted by molar-refractivity contribution is 0.222. The Balaban J connectivity index is 2.61. The molecule has 1 aromatic carbocycles. The molecule has 0 atom stereocenters. The van der Waals surface area contributed by atoms with Gasteiger partial charge in [-0.3, -0.25) is 4.79 Å². The van der Waals surface area contributed by atoms with Crippen molar-refractivity contribution in [3.8, 4) is 11.5 Å². The molecule has 2 N–H and O–H groups in total. The summed E-state index contributed by atoms with van der Waals surface area (Å²) in [6, 6.07) is 5.60. The van der Waals surface area contributed by atoms with Gasteiger partial charge in [0, 0.05) is 17.6 Å². The van der Waals surface area contributed by atoms with Crippen molar-refractivity contribution < 1.29 is 9.47 Å². The maximum Gasteiger partial charge on any atom is 0.297 e. The molecule has 1 heterocycles. The highest BCUT2D eigenvalue weighted by Gasteiger charge is 2.20. The molecular formula is C23H34N2O3. The topological polar surface area (TPSA) is 66.5 Å². The van der Waals surface area contributed by atoms with Crippen molar-refractivity contribution >= 4 is 16.6 Å². The van der Waals surface area contributed by atoms with Gasteiger partial charge < -0.3 is 19.8 Å². The lowest BCUT2D eigenvalue weighted by atomic mass is 10.1. The first kappa shape index (κ1) is 21.9. The summed E-state index contributed by atoms with van der Waals surface area (Å²) in [6.45, 7) is 11.1. The van der Waals surface area contributed by atoms with Crippen molar-refractivity contribution in [2.75, 3.05) is 12.3 Å². The largest absolute Gasteiger partial charge is 0.485 e. The fourth-order valence-electron chi connectivity index (χ4n) is 3.11. The summed E-state index contributed by atoms with van der Waals surface area (Å²) in [4.78, 5) is 13.3. The van der Waals surface area contributed by atoms with Gasteiger partial charge in [0.2, 0.25) is 5.75 Å². The van der Waals surface area contributed by atoms with Crippen molar-refractivity contribution in [1.29, 1.82) is 0 Å². The Kier molecular flexibility index (Phi) is 7.97. The quantitative estimate of drug-likeness (QED) is 0.342.